The van der Waals surface area contributed by atoms with E-state index in [0.29, 0.717) is 13.0 Å². The molecule has 1 heterocycles. The van der Waals surface area contributed by atoms with Crippen LogP contribution in [0, 0.1) is 6.92 Å². The van der Waals surface area contributed by atoms with Gasteiger partial charge in [-0.15, -0.1) is 11.3 Å². The van der Waals surface area contributed by atoms with Crippen LogP contribution in [0.1, 0.15) is 16.3 Å². The minimum atomic E-state index is 0.135. The normalized spacial score (nSPS) is 10.5. The number of aliphatic hydroxyl groups excluding tert-OH is 1. The Morgan fingerprint density at radius 1 is 1.35 bits per heavy atom. The zero-order chi connectivity index (χ0) is 12.1. The first-order valence-corrected chi connectivity index (χ1v) is 6.40. The van der Waals surface area contributed by atoms with Crippen molar-refractivity contribution in [3.05, 3.63) is 45.9 Å². The van der Waals surface area contributed by atoms with Crippen LogP contribution < -0.4 is 4.74 Å². The molecule has 0 radical (unpaired) electrons. The molecule has 17 heavy (non-hydrogen) atoms. The third kappa shape index (κ3) is 3.28. The summed E-state index contributed by atoms with van der Waals surface area (Å²) in [4.78, 5) is 4.35. The van der Waals surface area contributed by atoms with Gasteiger partial charge in [0.2, 0.25) is 0 Å². The fourth-order valence-electron chi connectivity index (χ4n) is 1.60. The number of rotatable bonds is 5. The average Bonchev–Trinajstić information content (AvgIpc) is 2.74. The fraction of sp³-hybridized carbons (Fsp3) is 0.308. The number of benzene rings is 1. The molecule has 0 aliphatic rings. The quantitative estimate of drug-likeness (QED) is 0.885. The Bertz CT molecular complexity index is 482. The second-order valence-electron chi connectivity index (χ2n) is 3.73. The Kier molecular flexibility index (Phi) is 4.12. The van der Waals surface area contributed by atoms with Crippen LogP contribution in [-0.2, 0) is 13.0 Å². The lowest BCUT2D eigenvalue weighted by molar-refractivity contribution is 0.282. The molecule has 2 rings (SSSR count). The molecule has 3 nitrogen and oxygen atoms in total. The number of nitrogens with zero attached hydrogens (tertiary/aromatic N) is 1. The van der Waals surface area contributed by atoms with Crippen LogP contribution in [0.2, 0.25) is 0 Å². The van der Waals surface area contributed by atoms with Crippen LogP contribution in [0.15, 0.2) is 29.6 Å². The van der Waals surface area contributed by atoms with Crippen LogP contribution >= 0.6 is 11.3 Å². The van der Waals surface area contributed by atoms with Gasteiger partial charge in [0.25, 0.3) is 0 Å². The molecule has 0 atom stereocenters. The zero-order valence-electron chi connectivity index (χ0n) is 9.72. The van der Waals surface area contributed by atoms with Gasteiger partial charge in [-0.1, -0.05) is 18.2 Å². The lowest BCUT2D eigenvalue weighted by atomic mass is 10.1. The van der Waals surface area contributed by atoms with Gasteiger partial charge in [0, 0.05) is 12.0 Å². The van der Waals surface area contributed by atoms with E-state index < -0.39 is 0 Å². The molecule has 2 aromatic rings. The van der Waals surface area contributed by atoms with E-state index in [0.717, 1.165) is 22.0 Å². The molecule has 0 saturated carbocycles. The van der Waals surface area contributed by atoms with Crippen molar-refractivity contribution in [1.29, 1.82) is 0 Å². The molecule has 0 bridgehead atoms. The minimum Gasteiger partial charge on any atom is -0.487 e. The van der Waals surface area contributed by atoms with Crippen molar-refractivity contribution >= 4 is 11.3 Å². The number of ether oxygens (including phenoxy) is 1. The van der Waals surface area contributed by atoms with E-state index in [4.69, 9.17) is 9.84 Å². The number of hydrogen-bond acceptors (Lipinski definition) is 4. The van der Waals surface area contributed by atoms with E-state index in [9.17, 15) is 0 Å². The third-order valence-corrected chi connectivity index (χ3v) is 3.22. The molecular formula is C13H15NO2S. The SMILES string of the molecule is Cc1nc(COc2ccccc2CCO)cs1. The summed E-state index contributed by atoms with van der Waals surface area (Å²) in [5, 5.41) is 12.0. The molecule has 0 amide bonds. The smallest absolute Gasteiger partial charge is 0.131 e. The van der Waals surface area contributed by atoms with Gasteiger partial charge in [0.15, 0.2) is 0 Å². The van der Waals surface area contributed by atoms with Crippen molar-refractivity contribution < 1.29 is 9.84 Å². The van der Waals surface area contributed by atoms with Gasteiger partial charge in [0.1, 0.15) is 12.4 Å². The topological polar surface area (TPSA) is 42.4 Å². The Morgan fingerprint density at radius 3 is 2.88 bits per heavy atom. The van der Waals surface area contributed by atoms with E-state index in [2.05, 4.69) is 4.98 Å². The Balaban J connectivity index is 2.03. The number of aliphatic hydroxyl groups is 1. The van der Waals surface area contributed by atoms with Crippen LogP contribution in [0.3, 0.4) is 0 Å². The molecule has 1 aromatic heterocycles. The number of aromatic nitrogens is 1. The maximum absolute atomic E-state index is 8.97. The Hall–Kier alpha value is -1.39. The van der Waals surface area contributed by atoms with Crippen LogP contribution in [0.4, 0.5) is 0 Å². The van der Waals surface area contributed by atoms with Gasteiger partial charge >= 0.3 is 0 Å². The highest BCUT2D eigenvalue weighted by atomic mass is 32.1. The lowest BCUT2D eigenvalue weighted by Crippen LogP contribution is -2.00. The van der Waals surface area contributed by atoms with Gasteiger partial charge in [0.05, 0.1) is 10.7 Å². The molecule has 90 valence electrons. The summed E-state index contributed by atoms with van der Waals surface area (Å²) >= 11 is 1.62. The van der Waals surface area contributed by atoms with Crippen molar-refractivity contribution in [1.82, 2.24) is 4.98 Å². The summed E-state index contributed by atoms with van der Waals surface area (Å²) in [5.41, 5.74) is 1.98. The number of thiazole rings is 1. The standard InChI is InChI=1S/C13H15NO2S/c1-10-14-12(9-17-10)8-16-13-5-3-2-4-11(13)6-7-15/h2-5,9,15H,6-8H2,1H3. The molecule has 0 aliphatic carbocycles. The first-order chi connectivity index (χ1) is 8.29. The fourth-order valence-corrected chi connectivity index (χ4v) is 2.20. The van der Waals surface area contributed by atoms with Gasteiger partial charge < -0.3 is 9.84 Å². The van der Waals surface area contributed by atoms with E-state index in [1.54, 1.807) is 11.3 Å². The summed E-state index contributed by atoms with van der Waals surface area (Å²) < 4.78 is 5.72. The number of aryl methyl sites for hydroxylation is 1. The first kappa shape index (κ1) is 12.1. The van der Waals surface area contributed by atoms with Crippen LogP contribution in [-0.4, -0.2) is 16.7 Å². The van der Waals surface area contributed by atoms with Crippen molar-refractivity contribution in [2.45, 2.75) is 20.0 Å². The van der Waals surface area contributed by atoms with Crippen molar-refractivity contribution in [3.63, 3.8) is 0 Å². The summed E-state index contributed by atoms with van der Waals surface area (Å²) in [5.74, 6) is 0.826. The second-order valence-corrected chi connectivity index (χ2v) is 4.79. The maximum atomic E-state index is 8.97. The van der Waals surface area contributed by atoms with Gasteiger partial charge in [-0.25, -0.2) is 4.98 Å². The molecule has 0 spiro atoms. The van der Waals surface area contributed by atoms with Crippen molar-refractivity contribution in [2.75, 3.05) is 6.61 Å². The van der Waals surface area contributed by atoms with E-state index in [1.165, 1.54) is 0 Å². The summed E-state index contributed by atoms with van der Waals surface area (Å²) in [6.45, 7) is 2.59. The van der Waals surface area contributed by atoms with E-state index in [1.807, 2.05) is 36.6 Å². The molecule has 0 unspecified atom stereocenters. The average molecular weight is 249 g/mol. The maximum Gasteiger partial charge on any atom is 0.131 e. The van der Waals surface area contributed by atoms with Gasteiger partial charge in [-0.05, 0) is 25.0 Å². The monoisotopic (exact) mass is 249 g/mol. The molecule has 0 fully saturated rings. The molecular weight excluding hydrogens is 234 g/mol. The molecule has 0 saturated heterocycles. The van der Waals surface area contributed by atoms with E-state index >= 15 is 0 Å². The predicted octanol–water partition coefficient (Wildman–Crippen LogP) is 2.57. The van der Waals surface area contributed by atoms with Crippen molar-refractivity contribution in [2.24, 2.45) is 0 Å². The summed E-state index contributed by atoms with van der Waals surface area (Å²) in [6, 6.07) is 7.77. The largest absolute Gasteiger partial charge is 0.487 e. The summed E-state index contributed by atoms with van der Waals surface area (Å²) in [6.07, 6.45) is 0.617. The number of para-hydroxylation sites is 1. The van der Waals surface area contributed by atoms with E-state index in [-0.39, 0.29) is 6.61 Å². The Morgan fingerprint density at radius 2 is 2.18 bits per heavy atom. The third-order valence-electron chi connectivity index (χ3n) is 2.40. The van der Waals surface area contributed by atoms with Crippen molar-refractivity contribution in [3.8, 4) is 5.75 Å². The molecule has 1 N–H and O–H groups in total. The van der Waals surface area contributed by atoms with Gasteiger partial charge in [-0.2, -0.15) is 0 Å². The lowest BCUT2D eigenvalue weighted by Gasteiger charge is -2.09. The minimum absolute atomic E-state index is 0.135. The molecule has 4 heteroatoms. The second kappa shape index (κ2) is 5.80. The van der Waals surface area contributed by atoms with Crippen LogP contribution in [0.25, 0.3) is 0 Å². The highest BCUT2D eigenvalue weighted by Gasteiger charge is 2.04. The highest BCUT2D eigenvalue weighted by Crippen LogP contribution is 2.20. The number of hydrogen-bond donors (Lipinski definition) is 1. The van der Waals surface area contributed by atoms with Crippen LogP contribution in [0.5, 0.6) is 5.75 Å². The first-order valence-electron chi connectivity index (χ1n) is 5.52. The highest BCUT2D eigenvalue weighted by molar-refractivity contribution is 7.09. The zero-order valence-corrected chi connectivity index (χ0v) is 10.5. The summed E-state index contributed by atoms with van der Waals surface area (Å²) in [7, 11) is 0. The van der Waals surface area contributed by atoms with Gasteiger partial charge in [-0.3, -0.25) is 0 Å². The molecule has 1 aromatic carbocycles. The Labute approximate surface area is 105 Å². The predicted molar refractivity (Wildman–Crippen MR) is 68.4 cm³/mol. The molecule has 0 aliphatic heterocycles.